The van der Waals surface area contributed by atoms with E-state index in [0.29, 0.717) is 0 Å². The summed E-state index contributed by atoms with van der Waals surface area (Å²) in [5, 5.41) is 3.27. The Bertz CT molecular complexity index is 555. The molecule has 0 fully saturated rings. The summed E-state index contributed by atoms with van der Waals surface area (Å²) in [4.78, 5) is 8.58. The quantitative estimate of drug-likeness (QED) is 0.869. The predicted octanol–water partition coefficient (Wildman–Crippen LogP) is 3.75. The number of hydrogen-bond acceptors (Lipinski definition) is 4. The Morgan fingerprint density at radius 1 is 1.20 bits per heavy atom. The second-order valence-electron chi connectivity index (χ2n) is 4.88. The minimum Gasteiger partial charge on any atom is -0.490 e. The maximum absolute atomic E-state index is 5.84. The van der Waals surface area contributed by atoms with E-state index in [-0.39, 0.29) is 6.10 Å². The number of ether oxygens (including phenoxy) is 1. The lowest BCUT2D eigenvalue weighted by atomic mass is 10.1. The van der Waals surface area contributed by atoms with Crippen LogP contribution in [0.25, 0.3) is 11.3 Å². The van der Waals surface area contributed by atoms with Crippen LogP contribution in [0.15, 0.2) is 36.7 Å². The van der Waals surface area contributed by atoms with E-state index in [9.17, 15) is 0 Å². The summed E-state index contributed by atoms with van der Waals surface area (Å²) < 4.78 is 5.84. The highest BCUT2D eigenvalue weighted by Crippen LogP contribution is 2.29. The molecule has 2 rings (SSSR count). The van der Waals surface area contributed by atoms with Gasteiger partial charge in [0.25, 0.3) is 0 Å². The van der Waals surface area contributed by atoms with Crippen molar-refractivity contribution in [2.24, 2.45) is 0 Å². The summed E-state index contributed by atoms with van der Waals surface area (Å²) in [6, 6.07) is 9.90. The summed E-state index contributed by atoms with van der Waals surface area (Å²) in [6.45, 7) is 7.07. The molecule has 0 saturated heterocycles. The molecule has 0 aliphatic heterocycles. The third-order valence-electron chi connectivity index (χ3n) is 2.75. The molecule has 1 heterocycles. The number of nitrogens with one attached hydrogen (secondary N) is 1. The Hall–Kier alpha value is -2.10. The van der Waals surface area contributed by atoms with Gasteiger partial charge in [-0.2, -0.15) is 0 Å². The van der Waals surface area contributed by atoms with E-state index in [1.54, 1.807) is 6.33 Å². The molecule has 0 amide bonds. The first kappa shape index (κ1) is 14.3. The van der Waals surface area contributed by atoms with E-state index in [4.69, 9.17) is 4.74 Å². The summed E-state index contributed by atoms with van der Waals surface area (Å²) in [7, 11) is 0. The fraction of sp³-hybridized carbons (Fsp3) is 0.375. The van der Waals surface area contributed by atoms with Gasteiger partial charge in [-0.05, 0) is 32.4 Å². The molecule has 4 nitrogen and oxygen atoms in total. The predicted molar refractivity (Wildman–Crippen MR) is 82.0 cm³/mol. The van der Waals surface area contributed by atoms with Gasteiger partial charge in [0.1, 0.15) is 17.9 Å². The van der Waals surface area contributed by atoms with E-state index < -0.39 is 0 Å². The van der Waals surface area contributed by atoms with Crippen molar-refractivity contribution in [1.82, 2.24) is 9.97 Å². The van der Waals surface area contributed by atoms with Crippen LogP contribution in [0.1, 0.15) is 27.2 Å². The summed E-state index contributed by atoms with van der Waals surface area (Å²) in [5.74, 6) is 1.69. The Morgan fingerprint density at radius 3 is 2.75 bits per heavy atom. The number of para-hydroxylation sites is 1. The van der Waals surface area contributed by atoms with Crippen molar-refractivity contribution < 1.29 is 4.74 Å². The second-order valence-corrected chi connectivity index (χ2v) is 4.88. The van der Waals surface area contributed by atoms with Gasteiger partial charge in [-0.15, -0.1) is 0 Å². The van der Waals surface area contributed by atoms with Crippen molar-refractivity contribution in [3.8, 4) is 17.0 Å². The molecule has 2 aromatic rings. The summed E-state index contributed by atoms with van der Waals surface area (Å²) >= 11 is 0. The Labute approximate surface area is 120 Å². The van der Waals surface area contributed by atoms with Gasteiger partial charge in [0.2, 0.25) is 0 Å². The van der Waals surface area contributed by atoms with E-state index in [1.165, 1.54) is 0 Å². The average Bonchev–Trinajstić information content (AvgIpc) is 2.45. The van der Waals surface area contributed by atoms with Gasteiger partial charge in [0.15, 0.2) is 0 Å². The van der Waals surface area contributed by atoms with Crippen LogP contribution in [0.2, 0.25) is 0 Å². The van der Waals surface area contributed by atoms with Crippen molar-refractivity contribution in [3.05, 3.63) is 36.7 Å². The highest BCUT2D eigenvalue weighted by atomic mass is 16.5. The van der Waals surface area contributed by atoms with Crippen molar-refractivity contribution >= 4 is 5.82 Å². The van der Waals surface area contributed by atoms with Crippen LogP contribution in [0, 0.1) is 0 Å². The molecule has 0 atom stereocenters. The number of nitrogens with zero attached hydrogens (tertiary/aromatic N) is 2. The van der Waals surface area contributed by atoms with Crippen molar-refractivity contribution in [2.75, 3.05) is 11.9 Å². The second kappa shape index (κ2) is 6.89. The summed E-state index contributed by atoms with van der Waals surface area (Å²) in [5.41, 5.74) is 1.86. The zero-order chi connectivity index (χ0) is 14.4. The first-order valence-corrected chi connectivity index (χ1v) is 7.02. The van der Waals surface area contributed by atoms with E-state index >= 15 is 0 Å². The molecule has 1 aromatic heterocycles. The van der Waals surface area contributed by atoms with Gasteiger partial charge in [-0.1, -0.05) is 19.1 Å². The van der Waals surface area contributed by atoms with Crippen LogP contribution < -0.4 is 10.1 Å². The largest absolute Gasteiger partial charge is 0.490 e. The van der Waals surface area contributed by atoms with Crippen LogP contribution in [0.5, 0.6) is 5.75 Å². The Morgan fingerprint density at radius 2 is 2.00 bits per heavy atom. The fourth-order valence-corrected chi connectivity index (χ4v) is 1.89. The fourth-order valence-electron chi connectivity index (χ4n) is 1.89. The molecule has 0 radical (unpaired) electrons. The third kappa shape index (κ3) is 3.70. The maximum atomic E-state index is 5.84. The van der Waals surface area contributed by atoms with Crippen LogP contribution in [-0.4, -0.2) is 22.6 Å². The highest BCUT2D eigenvalue weighted by molar-refractivity contribution is 5.68. The minimum atomic E-state index is 0.135. The number of hydrogen-bond donors (Lipinski definition) is 1. The molecule has 0 aliphatic rings. The third-order valence-corrected chi connectivity index (χ3v) is 2.75. The molecule has 0 saturated carbocycles. The van der Waals surface area contributed by atoms with E-state index in [1.807, 2.05) is 44.2 Å². The van der Waals surface area contributed by atoms with Gasteiger partial charge in [-0.3, -0.25) is 0 Å². The van der Waals surface area contributed by atoms with Crippen molar-refractivity contribution in [3.63, 3.8) is 0 Å². The standard InChI is InChI=1S/C16H21N3O/c1-4-9-17-16-10-14(18-11-19-16)13-7-5-6-8-15(13)20-12(2)3/h5-8,10-12H,4,9H2,1-3H3,(H,17,18,19). The van der Waals surface area contributed by atoms with Gasteiger partial charge in [0.05, 0.1) is 11.8 Å². The van der Waals surface area contributed by atoms with Gasteiger partial charge in [0, 0.05) is 18.2 Å². The molecular formula is C16H21N3O. The number of anilines is 1. The molecule has 1 aromatic carbocycles. The number of benzene rings is 1. The number of aromatic nitrogens is 2. The SMILES string of the molecule is CCCNc1cc(-c2ccccc2OC(C)C)ncn1. The average molecular weight is 271 g/mol. The van der Waals surface area contributed by atoms with Crippen LogP contribution in [0.4, 0.5) is 5.82 Å². The van der Waals surface area contributed by atoms with Crippen molar-refractivity contribution in [1.29, 1.82) is 0 Å². The zero-order valence-corrected chi connectivity index (χ0v) is 12.3. The van der Waals surface area contributed by atoms with Crippen LogP contribution >= 0.6 is 0 Å². The maximum Gasteiger partial charge on any atom is 0.129 e. The van der Waals surface area contributed by atoms with E-state index in [2.05, 4.69) is 22.2 Å². The van der Waals surface area contributed by atoms with Gasteiger partial charge < -0.3 is 10.1 Å². The topological polar surface area (TPSA) is 47.0 Å². The lowest BCUT2D eigenvalue weighted by molar-refractivity contribution is 0.243. The van der Waals surface area contributed by atoms with Crippen LogP contribution in [-0.2, 0) is 0 Å². The zero-order valence-electron chi connectivity index (χ0n) is 12.3. The Balaban J connectivity index is 2.31. The lowest BCUT2D eigenvalue weighted by Gasteiger charge is -2.14. The smallest absolute Gasteiger partial charge is 0.129 e. The molecule has 106 valence electrons. The van der Waals surface area contributed by atoms with Gasteiger partial charge in [-0.25, -0.2) is 9.97 Å². The van der Waals surface area contributed by atoms with Crippen LogP contribution in [0.3, 0.4) is 0 Å². The molecule has 0 aliphatic carbocycles. The monoisotopic (exact) mass is 271 g/mol. The highest BCUT2D eigenvalue weighted by Gasteiger charge is 2.09. The number of rotatable bonds is 6. The summed E-state index contributed by atoms with van der Waals surface area (Å²) in [6.07, 6.45) is 2.78. The molecule has 4 heteroatoms. The molecule has 0 bridgehead atoms. The molecule has 1 N–H and O–H groups in total. The first-order valence-electron chi connectivity index (χ1n) is 7.02. The first-order chi connectivity index (χ1) is 9.70. The molecular weight excluding hydrogens is 250 g/mol. The normalized spacial score (nSPS) is 10.6. The van der Waals surface area contributed by atoms with Gasteiger partial charge >= 0.3 is 0 Å². The van der Waals surface area contributed by atoms with E-state index in [0.717, 1.165) is 35.8 Å². The Kier molecular flexibility index (Phi) is 4.93. The lowest BCUT2D eigenvalue weighted by Crippen LogP contribution is -2.07. The van der Waals surface area contributed by atoms with Crippen molar-refractivity contribution in [2.45, 2.75) is 33.3 Å². The molecule has 0 spiro atoms. The molecule has 0 unspecified atom stereocenters. The minimum absolute atomic E-state index is 0.135. The molecule has 20 heavy (non-hydrogen) atoms.